The van der Waals surface area contributed by atoms with Crippen molar-refractivity contribution >= 4 is 0 Å². The summed E-state index contributed by atoms with van der Waals surface area (Å²) in [6, 6.07) is 14.6. The van der Waals surface area contributed by atoms with Crippen LogP contribution in [-0.4, -0.2) is 32.6 Å². The van der Waals surface area contributed by atoms with E-state index in [2.05, 4.69) is 22.0 Å². The monoisotopic (exact) mass is 435 g/mol. The molecule has 3 aromatic rings. The molecular formula is C26H30FN3O2. The first-order valence-corrected chi connectivity index (χ1v) is 11.4. The number of hydrogen-bond acceptors (Lipinski definition) is 4. The van der Waals surface area contributed by atoms with Crippen molar-refractivity contribution in [2.45, 2.75) is 38.0 Å². The van der Waals surface area contributed by atoms with Gasteiger partial charge in [0.2, 0.25) is 0 Å². The lowest BCUT2D eigenvalue weighted by Crippen LogP contribution is -2.58. The topological polar surface area (TPSA) is 50.5 Å². The summed E-state index contributed by atoms with van der Waals surface area (Å²) in [6.45, 7) is 2.97. The molecule has 1 aromatic heterocycles. The highest BCUT2D eigenvalue weighted by Gasteiger charge is 2.53. The van der Waals surface area contributed by atoms with Crippen LogP contribution in [0.5, 0.6) is 5.75 Å². The number of benzene rings is 2. The number of aliphatic hydroxyl groups is 1. The SMILES string of the molecule is Cn1ccnc1C1(O)[C@@H]2CCC[C@H]1CN(Cc1cccc(OCc3ccc(F)cc3)c1)C2. The van der Waals surface area contributed by atoms with E-state index in [-0.39, 0.29) is 17.7 Å². The summed E-state index contributed by atoms with van der Waals surface area (Å²) in [6.07, 6.45) is 6.93. The van der Waals surface area contributed by atoms with E-state index in [0.29, 0.717) is 6.61 Å². The molecule has 0 spiro atoms. The van der Waals surface area contributed by atoms with Gasteiger partial charge in [-0.1, -0.05) is 30.7 Å². The summed E-state index contributed by atoms with van der Waals surface area (Å²) < 4.78 is 21.0. The normalized spacial score (nSPS) is 25.6. The minimum atomic E-state index is -0.840. The minimum Gasteiger partial charge on any atom is -0.489 e. The molecule has 2 fully saturated rings. The Kier molecular flexibility index (Phi) is 5.74. The Morgan fingerprint density at radius 3 is 2.53 bits per heavy atom. The Hall–Kier alpha value is -2.70. The molecule has 2 aromatic carbocycles. The van der Waals surface area contributed by atoms with Crippen molar-refractivity contribution in [2.24, 2.45) is 18.9 Å². The van der Waals surface area contributed by atoms with E-state index in [1.54, 1.807) is 18.3 Å². The number of hydrogen-bond donors (Lipinski definition) is 1. The third kappa shape index (κ3) is 4.05. The average molecular weight is 436 g/mol. The van der Waals surface area contributed by atoms with Crippen LogP contribution in [0.15, 0.2) is 60.9 Å². The summed E-state index contributed by atoms with van der Waals surface area (Å²) in [5.41, 5.74) is 1.30. The fourth-order valence-corrected chi connectivity index (χ4v) is 5.53. The number of likely N-dealkylation sites (tertiary alicyclic amines) is 1. The molecule has 2 bridgehead atoms. The second-order valence-corrected chi connectivity index (χ2v) is 9.27. The van der Waals surface area contributed by atoms with Gasteiger partial charge < -0.3 is 14.4 Å². The number of ether oxygens (including phenoxy) is 1. The van der Waals surface area contributed by atoms with Crippen molar-refractivity contribution < 1.29 is 14.2 Å². The van der Waals surface area contributed by atoms with Gasteiger partial charge in [-0.05, 0) is 48.2 Å². The predicted molar refractivity (Wildman–Crippen MR) is 120 cm³/mol. The molecule has 5 nitrogen and oxygen atoms in total. The number of halogens is 1. The second kappa shape index (κ2) is 8.68. The van der Waals surface area contributed by atoms with Crippen LogP contribution in [0.25, 0.3) is 0 Å². The van der Waals surface area contributed by atoms with Gasteiger partial charge in [-0.3, -0.25) is 4.90 Å². The summed E-state index contributed by atoms with van der Waals surface area (Å²) >= 11 is 0. The molecule has 1 saturated heterocycles. The van der Waals surface area contributed by atoms with Gasteiger partial charge in [-0.25, -0.2) is 9.37 Å². The summed E-state index contributed by atoms with van der Waals surface area (Å²) in [5, 5.41) is 11.8. The Balaban J connectivity index is 1.26. The van der Waals surface area contributed by atoms with Gasteiger partial charge in [-0.2, -0.15) is 0 Å². The van der Waals surface area contributed by atoms with Crippen LogP contribution >= 0.6 is 0 Å². The number of aromatic nitrogens is 2. The maximum absolute atomic E-state index is 13.1. The Bertz CT molecular complexity index is 1050. The molecular weight excluding hydrogens is 405 g/mol. The van der Waals surface area contributed by atoms with Gasteiger partial charge in [0.25, 0.3) is 0 Å². The molecule has 2 aliphatic rings. The van der Waals surface area contributed by atoms with E-state index in [9.17, 15) is 9.50 Å². The van der Waals surface area contributed by atoms with Gasteiger partial charge in [0.15, 0.2) is 0 Å². The summed E-state index contributed by atoms with van der Waals surface area (Å²) in [5.74, 6) is 1.76. The van der Waals surface area contributed by atoms with Crippen LogP contribution in [0.4, 0.5) is 4.39 Å². The Morgan fingerprint density at radius 1 is 1.09 bits per heavy atom. The fourth-order valence-electron chi connectivity index (χ4n) is 5.53. The summed E-state index contributed by atoms with van der Waals surface area (Å²) in [7, 11) is 1.97. The van der Waals surface area contributed by atoms with E-state index in [0.717, 1.165) is 49.6 Å². The van der Waals surface area contributed by atoms with Crippen molar-refractivity contribution in [3.05, 3.63) is 83.7 Å². The van der Waals surface area contributed by atoms with Crippen molar-refractivity contribution in [3.63, 3.8) is 0 Å². The lowest BCUT2D eigenvalue weighted by molar-refractivity contribution is -0.155. The van der Waals surface area contributed by atoms with Crippen molar-refractivity contribution in [3.8, 4) is 5.75 Å². The van der Waals surface area contributed by atoms with Gasteiger partial charge >= 0.3 is 0 Å². The van der Waals surface area contributed by atoms with Crippen LogP contribution in [0, 0.1) is 17.7 Å². The zero-order valence-electron chi connectivity index (χ0n) is 18.5. The van der Waals surface area contributed by atoms with Crippen LogP contribution in [0.2, 0.25) is 0 Å². The molecule has 32 heavy (non-hydrogen) atoms. The first-order valence-electron chi connectivity index (χ1n) is 11.4. The van der Waals surface area contributed by atoms with E-state index in [1.165, 1.54) is 24.1 Å². The van der Waals surface area contributed by atoms with Crippen LogP contribution in [0.3, 0.4) is 0 Å². The molecule has 1 unspecified atom stereocenters. The smallest absolute Gasteiger partial charge is 0.141 e. The molecule has 0 amide bonds. The van der Waals surface area contributed by atoms with Crippen LogP contribution in [0.1, 0.15) is 36.2 Å². The number of imidazole rings is 1. The highest BCUT2D eigenvalue weighted by Crippen LogP contribution is 2.48. The third-order valence-corrected chi connectivity index (χ3v) is 7.11. The maximum Gasteiger partial charge on any atom is 0.141 e. The second-order valence-electron chi connectivity index (χ2n) is 9.27. The number of piperidine rings is 1. The van der Waals surface area contributed by atoms with Crippen molar-refractivity contribution in [1.29, 1.82) is 0 Å². The van der Waals surface area contributed by atoms with Crippen LogP contribution in [-0.2, 0) is 25.8 Å². The van der Waals surface area contributed by atoms with E-state index in [4.69, 9.17) is 4.74 Å². The van der Waals surface area contributed by atoms with Gasteiger partial charge in [-0.15, -0.1) is 0 Å². The highest BCUT2D eigenvalue weighted by molar-refractivity contribution is 5.29. The number of rotatable bonds is 6. The molecule has 6 heteroatoms. The average Bonchev–Trinajstić information content (AvgIpc) is 3.21. The van der Waals surface area contributed by atoms with Crippen molar-refractivity contribution in [2.75, 3.05) is 13.1 Å². The third-order valence-electron chi connectivity index (χ3n) is 7.11. The molecule has 5 rings (SSSR count). The van der Waals surface area contributed by atoms with Gasteiger partial charge in [0.1, 0.15) is 29.6 Å². The highest BCUT2D eigenvalue weighted by atomic mass is 19.1. The molecule has 1 saturated carbocycles. The minimum absolute atomic E-state index is 0.189. The number of aryl methyl sites for hydroxylation is 1. The molecule has 1 aliphatic carbocycles. The lowest BCUT2D eigenvalue weighted by atomic mass is 9.65. The standard InChI is InChI=1S/C26H30FN3O2/c1-29-13-12-28-25(29)26(31)21-5-3-6-22(26)17-30(16-21)15-20-4-2-7-24(14-20)32-18-19-8-10-23(27)11-9-19/h2,4,7-14,21-22,31H,3,5-6,15-18H2,1H3/t21-,22+,26?. The maximum atomic E-state index is 13.1. The van der Waals surface area contributed by atoms with Gasteiger partial charge in [0, 0.05) is 50.9 Å². The predicted octanol–water partition coefficient (Wildman–Crippen LogP) is 4.26. The molecule has 3 atom stereocenters. The van der Waals surface area contributed by atoms with Gasteiger partial charge in [0.05, 0.1) is 0 Å². The lowest BCUT2D eigenvalue weighted by Gasteiger charge is -2.52. The largest absolute Gasteiger partial charge is 0.489 e. The molecule has 168 valence electrons. The first-order chi connectivity index (χ1) is 15.5. The van der Waals surface area contributed by atoms with Crippen molar-refractivity contribution in [1.82, 2.24) is 14.5 Å². The molecule has 1 aliphatic heterocycles. The van der Waals surface area contributed by atoms with E-state index < -0.39 is 5.60 Å². The van der Waals surface area contributed by atoms with E-state index in [1.807, 2.05) is 29.9 Å². The number of fused-ring (bicyclic) bond motifs is 2. The Morgan fingerprint density at radius 2 is 1.84 bits per heavy atom. The van der Waals surface area contributed by atoms with E-state index >= 15 is 0 Å². The Labute approximate surface area is 188 Å². The number of nitrogens with zero attached hydrogens (tertiary/aromatic N) is 3. The first kappa shape index (κ1) is 21.2. The van der Waals surface area contributed by atoms with Crippen LogP contribution < -0.4 is 4.74 Å². The molecule has 0 radical (unpaired) electrons. The quantitative estimate of drug-likeness (QED) is 0.629. The molecule has 1 N–H and O–H groups in total. The summed E-state index contributed by atoms with van der Waals surface area (Å²) in [4.78, 5) is 6.98. The molecule has 2 heterocycles. The zero-order valence-corrected chi connectivity index (χ0v) is 18.5. The fraction of sp³-hybridized carbons (Fsp3) is 0.423. The zero-order chi connectivity index (χ0) is 22.1.